The number of pyridine rings is 2. The zero-order valence-corrected chi connectivity index (χ0v) is 31.0. The van der Waals surface area contributed by atoms with Crippen molar-refractivity contribution >= 4 is 65.4 Å². The molecule has 0 aliphatic rings. The number of hydrogen-bond acceptors (Lipinski definition) is 4. The van der Waals surface area contributed by atoms with Crippen LogP contribution in [0.2, 0.25) is 0 Å². The summed E-state index contributed by atoms with van der Waals surface area (Å²) in [6.45, 7) is -2.09. The monoisotopic (exact) mass is 874 g/mol. The number of hydrogen-bond donors (Lipinski definition) is 0. The molecule has 6 heteroatoms. The van der Waals surface area contributed by atoms with Crippen LogP contribution in [0.5, 0.6) is 0 Å². The van der Waals surface area contributed by atoms with Gasteiger partial charge in [-0.25, -0.2) is 4.98 Å². The van der Waals surface area contributed by atoms with Crippen LogP contribution in [-0.2, 0) is 20.1 Å². The third-order valence-corrected chi connectivity index (χ3v) is 9.69. The van der Waals surface area contributed by atoms with Gasteiger partial charge in [0.2, 0.25) is 0 Å². The van der Waals surface area contributed by atoms with E-state index in [0.29, 0.717) is 0 Å². The van der Waals surface area contributed by atoms with Gasteiger partial charge < -0.3 is 14.0 Å². The summed E-state index contributed by atoms with van der Waals surface area (Å²) in [5, 5.41) is 8.91. The summed E-state index contributed by atoms with van der Waals surface area (Å²) in [6, 6.07) is 57.0. The Bertz CT molecular complexity index is 3230. The van der Waals surface area contributed by atoms with Crippen LogP contribution in [0.25, 0.3) is 93.8 Å². The molecular formula is C48H30IrN4O-2. The van der Waals surface area contributed by atoms with Crippen molar-refractivity contribution in [3.63, 3.8) is 0 Å². The van der Waals surface area contributed by atoms with Gasteiger partial charge in [0.1, 0.15) is 11.1 Å². The molecule has 0 unspecified atom stereocenters. The Morgan fingerprint density at radius 2 is 1.35 bits per heavy atom. The number of para-hydroxylation sites is 1. The van der Waals surface area contributed by atoms with E-state index in [1.165, 1.54) is 17.0 Å². The molecule has 4 aromatic heterocycles. The fourth-order valence-corrected chi connectivity index (χ4v) is 7.22. The first-order valence-corrected chi connectivity index (χ1v) is 17.4. The van der Waals surface area contributed by atoms with Gasteiger partial charge in [-0.15, -0.1) is 54.1 Å². The van der Waals surface area contributed by atoms with Gasteiger partial charge in [0.25, 0.3) is 0 Å². The van der Waals surface area contributed by atoms with Crippen LogP contribution in [0.1, 0.15) is 9.68 Å². The summed E-state index contributed by atoms with van der Waals surface area (Å²) < 4.78 is 30.6. The number of imidazole rings is 1. The summed E-state index contributed by atoms with van der Waals surface area (Å²) in [5.74, 6) is 0.754. The average molecular weight is 874 g/mol. The second-order valence-corrected chi connectivity index (χ2v) is 12.9. The third-order valence-electron chi connectivity index (χ3n) is 9.69. The maximum atomic E-state index is 7.23. The van der Waals surface area contributed by atoms with E-state index in [1.54, 1.807) is 18.2 Å². The average Bonchev–Trinajstić information content (AvgIpc) is 3.84. The van der Waals surface area contributed by atoms with E-state index >= 15 is 0 Å². The largest absolute Gasteiger partial charge is 0.500 e. The van der Waals surface area contributed by atoms with Crippen LogP contribution in [0.15, 0.2) is 168 Å². The van der Waals surface area contributed by atoms with E-state index in [4.69, 9.17) is 18.5 Å². The Labute approximate surface area is 329 Å². The van der Waals surface area contributed by atoms with Gasteiger partial charge >= 0.3 is 0 Å². The van der Waals surface area contributed by atoms with Crippen molar-refractivity contribution in [1.29, 1.82) is 0 Å². The molecule has 0 atom stereocenters. The summed E-state index contributed by atoms with van der Waals surface area (Å²) in [5.41, 5.74) is 6.97. The van der Waals surface area contributed by atoms with E-state index < -0.39 is 6.85 Å². The van der Waals surface area contributed by atoms with E-state index in [-0.39, 0.29) is 25.7 Å². The molecule has 11 rings (SSSR count). The van der Waals surface area contributed by atoms with Crippen LogP contribution >= 0.6 is 0 Å². The van der Waals surface area contributed by atoms with Gasteiger partial charge in [-0.3, -0.25) is 4.98 Å². The standard InChI is InChI=1S/C36H20N3O.C12H10N.Ir/c1-2-11-25(12-3-1)39-35(38-32-27-14-7-5-10-24(27)21-37-36(32)39)30-16-8-15-28-29-20-19-23-18-17-22-9-4-6-13-26(22)31(23)34(29)40-33(28)30;1-10-7-8-12(13-9-10)11-5-3-2-4-6-11;/h1-15,17-21H;2-5,7-9H,1H3;/q2*-1;/i;1D3;. The van der Waals surface area contributed by atoms with Crippen LogP contribution in [0.3, 0.4) is 0 Å². The fraction of sp³-hybridized carbons (Fsp3) is 0.0208. The van der Waals surface area contributed by atoms with Gasteiger partial charge in [0.05, 0.1) is 11.4 Å². The van der Waals surface area contributed by atoms with Gasteiger partial charge in [0.15, 0.2) is 5.65 Å². The number of aromatic nitrogens is 4. The third kappa shape index (κ3) is 5.64. The molecule has 0 N–H and O–H groups in total. The Kier molecular flexibility index (Phi) is 7.70. The molecule has 0 fully saturated rings. The van der Waals surface area contributed by atoms with Crippen molar-refractivity contribution in [3.8, 4) is 28.3 Å². The van der Waals surface area contributed by atoms with Crippen molar-refractivity contribution in [1.82, 2.24) is 19.5 Å². The normalized spacial score (nSPS) is 12.3. The number of rotatable bonds is 3. The Hall–Kier alpha value is -6.46. The Balaban J connectivity index is 0.000000210. The summed E-state index contributed by atoms with van der Waals surface area (Å²) in [6.07, 6.45) is 3.31. The summed E-state index contributed by atoms with van der Waals surface area (Å²) in [7, 11) is 0. The van der Waals surface area contributed by atoms with Crippen LogP contribution < -0.4 is 0 Å². The molecule has 0 spiro atoms. The minimum absolute atomic E-state index is 0. The molecule has 0 saturated heterocycles. The first-order chi connectivity index (χ1) is 27.4. The van der Waals surface area contributed by atoms with Gasteiger partial charge in [-0.2, -0.15) is 0 Å². The molecule has 5 nitrogen and oxygen atoms in total. The maximum Gasteiger partial charge on any atom is 0.156 e. The molecule has 7 aromatic carbocycles. The number of nitrogens with zero attached hydrogens (tertiary/aromatic N) is 4. The quantitative estimate of drug-likeness (QED) is 0.131. The maximum absolute atomic E-state index is 7.23. The molecule has 54 heavy (non-hydrogen) atoms. The molecule has 0 bridgehead atoms. The van der Waals surface area contributed by atoms with E-state index in [1.807, 2.05) is 60.8 Å². The summed E-state index contributed by atoms with van der Waals surface area (Å²) in [4.78, 5) is 14.2. The second-order valence-electron chi connectivity index (χ2n) is 12.9. The van der Waals surface area contributed by atoms with Crippen LogP contribution in [-0.4, -0.2) is 19.5 Å². The van der Waals surface area contributed by atoms with Gasteiger partial charge in [-0.05, 0) is 46.4 Å². The van der Waals surface area contributed by atoms with E-state index in [9.17, 15) is 0 Å². The van der Waals surface area contributed by atoms with Crippen molar-refractivity contribution in [2.45, 2.75) is 6.85 Å². The first kappa shape index (κ1) is 30.0. The zero-order valence-electron chi connectivity index (χ0n) is 31.6. The SMILES string of the molecule is [2H]C([2H])([2H])c1ccc(-c2[c-]cccc2)nc1.[Ir].[c-]1ccc2c(oc3c2ccc2ccc4ccccc4c23)c1-c1nc2c3ccccc3cnc2n1-c1ccccc1. The molecule has 0 saturated carbocycles. The molecule has 259 valence electrons. The first-order valence-electron chi connectivity index (χ1n) is 18.9. The minimum atomic E-state index is -2.09. The number of fused-ring (bicyclic) bond motifs is 10. The predicted molar refractivity (Wildman–Crippen MR) is 216 cm³/mol. The predicted octanol–water partition coefficient (Wildman–Crippen LogP) is 12.1. The zero-order chi connectivity index (χ0) is 37.8. The van der Waals surface area contributed by atoms with Crippen LogP contribution in [0.4, 0.5) is 0 Å². The molecule has 0 aliphatic carbocycles. The van der Waals surface area contributed by atoms with Crippen molar-refractivity contribution in [2.24, 2.45) is 0 Å². The number of aryl methyl sites for hydroxylation is 1. The van der Waals surface area contributed by atoms with Crippen molar-refractivity contribution in [3.05, 3.63) is 182 Å². The molecule has 0 amide bonds. The molecule has 4 heterocycles. The van der Waals surface area contributed by atoms with Gasteiger partial charge in [-0.1, -0.05) is 114 Å². The topological polar surface area (TPSA) is 56.7 Å². The van der Waals surface area contributed by atoms with E-state index in [0.717, 1.165) is 83.0 Å². The second kappa shape index (κ2) is 13.8. The minimum Gasteiger partial charge on any atom is -0.500 e. The van der Waals surface area contributed by atoms with Crippen molar-refractivity contribution in [2.75, 3.05) is 0 Å². The number of benzene rings is 7. The Morgan fingerprint density at radius 1 is 0.593 bits per heavy atom. The molecule has 1 radical (unpaired) electrons. The smallest absolute Gasteiger partial charge is 0.156 e. The fourth-order valence-electron chi connectivity index (χ4n) is 7.22. The van der Waals surface area contributed by atoms with Crippen LogP contribution in [0, 0.1) is 19.0 Å². The Morgan fingerprint density at radius 3 is 2.17 bits per heavy atom. The summed E-state index contributed by atoms with van der Waals surface area (Å²) >= 11 is 0. The van der Waals surface area contributed by atoms with Crippen molar-refractivity contribution < 1.29 is 28.6 Å². The molecule has 0 aliphatic heterocycles. The number of furan rings is 1. The molecular weight excluding hydrogens is 841 g/mol. The van der Waals surface area contributed by atoms with E-state index in [2.05, 4.69) is 101 Å². The van der Waals surface area contributed by atoms with Gasteiger partial charge in [0, 0.05) is 63.8 Å². The molecule has 11 aromatic rings.